The lowest BCUT2D eigenvalue weighted by Gasteiger charge is -2.03. The molecule has 2 rings (SSSR count). The van der Waals surface area contributed by atoms with Gasteiger partial charge >= 0.3 is 0 Å². The van der Waals surface area contributed by atoms with Crippen molar-refractivity contribution in [2.45, 2.75) is 0 Å². The number of hydrogen-bond acceptors (Lipinski definition) is 3. The first-order chi connectivity index (χ1) is 9.70. The Morgan fingerprint density at radius 2 is 2.05 bits per heavy atom. The lowest BCUT2D eigenvalue weighted by Crippen LogP contribution is -2.17. The minimum absolute atomic E-state index is 0.241. The van der Waals surface area contributed by atoms with Crippen LogP contribution in [0.25, 0.3) is 0 Å². The summed E-state index contributed by atoms with van der Waals surface area (Å²) in [7, 11) is 1.59. The predicted molar refractivity (Wildman–Crippen MR) is 87.2 cm³/mol. The summed E-state index contributed by atoms with van der Waals surface area (Å²) in [6, 6.07) is 14.8. The van der Waals surface area contributed by atoms with E-state index in [0.29, 0.717) is 11.3 Å². The molecule has 1 N–H and O–H groups in total. The van der Waals surface area contributed by atoms with Gasteiger partial charge in [0.1, 0.15) is 5.75 Å². The Morgan fingerprint density at radius 1 is 1.25 bits per heavy atom. The molecule has 2 aromatic carbocycles. The molecule has 0 fully saturated rings. The monoisotopic (exact) mass is 380 g/mol. The number of hydrazone groups is 1. The van der Waals surface area contributed by atoms with Crippen molar-refractivity contribution in [2.24, 2.45) is 5.10 Å². The van der Waals surface area contributed by atoms with E-state index in [2.05, 4.69) is 33.1 Å². The van der Waals surface area contributed by atoms with E-state index in [-0.39, 0.29) is 5.91 Å². The topological polar surface area (TPSA) is 50.7 Å². The van der Waals surface area contributed by atoms with Crippen molar-refractivity contribution in [3.63, 3.8) is 0 Å². The minimum Gasteiger partial charge on any atom is -0.496 e. The fraction of sp³-hybridized carbons (Fsp3) is 0.0667. The Bertz CT molecular complexity index is 641. The Hall–Kier alpha value is -1.89. The smallest absolute Gasteiger partial charge is 0.271 e. The first-order valence-corrected chi connectivity index (χ1v) is 7.00. The van der Waals surface area contributed by atoms with Gasteiger partial charge in [-0.05, 0) is 52.9 Å². The van der Waals surface area contributed by atoms with E-state index in [1.807, 2.05) is 36.4 Å². The van der Waals surface area contributed by atoms with Crippen LogP contribution in [-0.4, -0.2) is 19.2 Å². The average molecular weight is 380 g/mol. The number of ether oxygens (including phenoxy) is 1. The highest BCUT2D eigenvalue weighted by atomic mass is 127. The zero-order valence-electron chi connectivity index (χ0n) is 10.8. The second-order valence-electron chi connectivity index (χ2n) is 3.95. The first-order valence-electron chi connectivity index (χ1n) is 5.92. The molecule has 0 spiro atoms. The molecule has 102 valence electrons. The SMILES string of the molecule is COc1ccccc1/C=N/NC(=O)c1cccc(I)c1. The lowest BCUT2D eigenvalue weighted by molar-refractivity contribution is 0.0955. The zero-order valence-corrected chi connectivity index (χ0v) is 13.0. The van der Waals surface area contributed by atoms with Gasteiger partial charge in [0.25, 0.3) is 5.91 Å². The highest BCUT2D eigenvalue weighted by Crippen LogP contribution is 2.14. The third kappa shape index (κ3) is 3.80. The molecule has 4 nitrogen and oxygen atoms in total. The van der Waals surface area contributed by atoms with Crippen LogP contribution in [0, 0.1) is 3.57 Å². The van der Waals surface area contributed by atoms with E-state index in [1.54, 1.807) is 25.5 Å². The van der Waals surface area contributed by atoms with Gasteiger partial charge in [-0.1, -0.05) is 18.2 Å². The molecular formula is C15H13IN2O2. The predicted octanol–water partition coefficient (Wildman–Crippen LogP) is 3.06. The standard InChI is InChI=1S/C15H13IN2O2/c1-20-14-8-3-2-5-12(14)10-17-18-15(19)11-6-4-7-13(16)9-11/h2-10H,1H3,(H,18,19)/b17-10+. The van der Waals surface area contributed by atoms with E-state index in [4.69, 9.17) is 4.74 Å². The highest BCUT2D eigenvalue weighted by Gasteiger charge is 2.04. The van der Waals surface area contributed by atoms with Gasteiger partial charge in [0, 0.05) is 14.7 Å². The normalized spacial score (nSPS) is 10.5. The van der Waals surface area contributed by atoms with E-state index in [9.17, 15) is 4.79 Å². The Morgan fingerprint density at radius 3 is 2.80 bits per heavy atom. The second kappa shape index (κ2) is 7.04. The maximum atomic E-state index is 11.9. The number of hydrogen-bond donors (Lipinski definition) is 1. The fourth-order valence-corrected chi connectivity index (χ4v) is 2.17. The van der Waals surface area contributed by atoms with Gasteiger partial charge < -0.3 is 4.74 Å². The Labute approximate surface area is 131 Å². The van der Waals surface area contributed by atoms with Gasteiger partial charge in [0.2, 0.25) is 0 Å². The van der Waals surface area contributed by atoms with Gasteiger partial charge in [-0.25, -0.2) is 5.43 Å². The van der Waals surface area contributed by atoms with E-state index in [1.165, 1.54) is 0 Å². The summed E-state index contributed by atoms with van der Waals surface area (Å²) in [4.78, 5) is 11.9. The first kappa shape index (κ1) is 14.5. The molecule has 0 radical (unpaired) electrons. The number of amides is 1. The maximum Gasteiger partial charge on any atom is 0.271 e. The van der Waals surface area contributed by atoms with Crippen molar-refractivity contribution in [1.82, 2.24) is 5.43 Å². The Balaban J connectivity index is 2.05. The summed E-state index contributed by atoms with van der Waals surface area (Å²) in [5, 5.41) is 3.95. The highest BCUT2D eigenvalue weighted by molar-refractivity contribution is 14.1. The average Bonchev–Trinajstić information content (AvgIpc) is 2.47. The molecule has 0 unspecified atom stereocenters. The molecule has 0 bridgehead atoms. The van der Waals surface area contributed by atoms with Crippen molar-refractivity contribution in [3.8, 4) is 5.75 Å². The van der Waals surface area contributed by atoms with Gasteiger partial charge in [0.15, 0.2) is 0 Å². The van der Waals surface area contributed by atoms with Crippen molar-refractivity contribution < 1.29 is 9.53 Å². The van der Waals surface area contributed by atoms with Gasteiger partial charge in [-0.2, -0.15) is 5.10 Å². The molecule has 0 aliphatic rings. The summed E-state index contributed by atoms with van der Waals surface area (Å²) in [6.07, 6.45) is 1.56. The zero-order chi connectivity index (χ0) is 14.4. The van der Waals surface area contributed by atoms with Crippen LogP contribution in [0.1, 0.15) is 15.9 Å². The van der Waals surface area contributed by atoms with Crippen LogP contribution in [0.4, 0.5) is 0 Å². The number of nitrogens with one attached hydrogen (secondary N) is 1. The number of nitrogens with zero attached hydrogens (tertiary/aromatic N) is 1. The number of carbonyl (C=O) groups excluding carboxylic acids is 1. The van der Waals surface area contributed by atoms with Crippen LogP contribution < -0.4 is 10.2 Å². The number of benzene rings is 2. The van der Waals surface area contributed by atoms with Crippen LogP contribution in [-0.2, 0) is 0 Å². The molecule has 20 heavy (non-hydrogen) atoms. The third-order valence-electron chi connectivity index (χ3n) is 2.60. The molecule has 0 atom stereocenters. The second-order valence-corrected chi connectivity index (χ2v) is 5.20. The maximum absolute atomic E-state index is 11.9. The third-order valence-corrected chi connectivity index (χ3v) is 3.27. The van der Waals surface area contributed by atoms with Crippen LogP contribution in [0.15, 0.2) is 53.6 Å². The lowest BCUT2D eigenvalue weighted by atomic mass is 10.2. The fourth-order valence-electron chi connectivity index (χ4n) is 1.63. The quantitative estimate of drug-likeness (QED) is 0.504. The number of rotatable bonds is 4. The summed E-state index contributed by atoms with van der Waals surface area (Å²) < 4.78 is 6.20. The molecule has 0 aliphatic heterocycles. The Kier molecular flexibility index (Phi) is 5.11. The molecule has 0 aromatic heterocycles. The molecule has 0 heterocycles. The minimum atomic E-state index is -0.241. The molecule has 1 amide bonds. The largest absolute Gasteiger partial charge is 0.496 e. The number of methoxy groups -OCH3 is 1. The molecule has 0 saturated carbocycles. The summed E-state index contributed by atoms with van der Waals surface area (Å²) in [5.74, 6) is 0.467. The number of halogens is 1. The van der Waals surface area contributed by atoms with Crippen LogP contribution in [0.5, 0.6) is 5.75 Å². The summed E-state index contributed by atoms with van der Waals surface area (Å²) in [6.45, 7) is 0. The van der Waals surface area contributed by atoms with E-state index < -0.39 is 0 Å². The van der Waals surface area contributed by atoms with Crippen molar-refractivity contribution in [2.75, 3.05) is 7.11 Å². The summed E-state index contributed by atoms with van der Waals surface area (Å²) in [5.41, 5.74) is 3.88. The molecular weight excluding hydrogens is 367 g/mol. The summed E-state index contributed by atoms with van der Waals surface area (Å²) >= 11 is 2.16. The van der Waals surface area contributed by atoms with Gasteiger partial charge in [-0.3, -0.25) is 4.79 Å². The molecule has 5 heteroatoms. The number of para-hydroxylation sites is 1. The van der Waals surface area contributed by atoms with Gasteiger partial charge in [0.05, 0.1) is 13.3 Å². The van der Waals surface area contributed by atoms with Crippen LogP contribution in [0.2, 0.25) is 0 Å². The molecule has 0 aliphatic carbocycles. The molecule has 0 saturated heterocycles. The molecule has 2 aromatic rings. The van der Waals surface area contributed by atoms with E-state index in [0.717, 1.165) is 9.13 Å². The van der Waals surface area contributed by atoms with Crippen LogP contribution in [0.3, 0.4) is 0 Å². The van der Waals surface area contributed by atoms with E-state index >= 15 is 0 Å². The van der Waals surface area contributed by atoms with Crippen molar-refractivity contribution in [3.05, 3.63) is 63.2 Å². The van der Waals surface area contributed by atoms with Gasteiger partial charge in [-0.15, -0.1) is 0 Å². The van der Waals surface area contributed by atoms with Crippen molar-refractivity contribution in [1.29, 1.82) is 0 Å². The number of carbonyl (C=O) groups is 1. The van der Waals surface area contributed by atoms with Crippen molar-refractivity contribution >= 4 is 34.7 Å². The van der Waals surface area contributed by atoms with Crippen LogP contribution >= 0.6 is 22.6 Å².